The van der Waals surface area contributed by atoms with Gasteiger partial charge < -0.3 is 21.7 Å². The van der Waals surface area contributed by atoms with Crippen LogP contribution in [0.25, 0.3) is 11.2 Å². The summed E-state index contributed by atoms with van der Waals surface area (Å²) in [5, 5.41) is 9.95. The lowest BCUT2D eigenvalue weighted by molar-refractivity contribution is 0.572. The van der Waals surface area contributed by atoms with Gasteiger partial charge in [-0.25, -0.2) is 9.97 Å². The van der Waals surface area contributed by atoms with E-state index in [4.69, 9.17) is 5.73 Å². The SMILES string of the molecule is Cc1nc2nc(NCCCNCCCCNCCCN)[nH]c(=O)c2nc1C. The lowest BCUT2D eigenvalue weighted by atomic mass is 10.3. The van der Waals surface area contributed by atoms with E-state index in [0.29, 0.717) is 11.6 Å². The predicted octanol–water partition coefficient (Wildman–Crippen LogP) is 0.440. The van der Waals surface area contributed by atoms with Crippen molar-refractivity contribution in [1.82, 2.24) is 30.6 Å². The molecule has 2 heterocycles. The van der Waals surface area contributed by atoms with E-state index in [2.05, 4.69) is 35.9 Å². The van der Waals surface area contributed by atoms with E-state index in [1.54, 1.807) is 0 Å². The van der Waals surface area contributed by atoms with Crippen LogP contribution in [-0.2, 0) is 0 Å². The first-order valence-corrected chi connectivity index (χ1v) is 9.72. The van der Waals surface area contributed by atoms with Crippen LogP contribution in [0.1, 0.15) is 37.1 Å². The quantitative estimate of drug-likeness (QED) is 0.318. The maximum absolute atomic E-state index is 12.1. The molecule has 0 amide bonds. The molecule has 150 valence electrons. The second kappa shape index (κ2) is 11.6. The monoisotopic (exact) mass is 376 g/mol. The Morgan fingerprint density at radius 3 is 2.19 bits per heavy atom. The number of rotatable bonds is 13. The van der Waals surface area contributed by atoms with Crippen molar-refractivity contribution in [3.05, 3.63) is 21.7 Å². The van der Waals surface area contributed by atoms with E-state index < -0.39 is 0 Å². The van der Waals surface area contributed by atoms with Gasteiger partial charge in [-0.3, -0.25) is 9.78 Å². The molecule has 2 aromatic heterocycles. The van der Waals surface area contributed by atoms with Gasteiger partial charge in [0, 0.05) is 6.54 Å². The van der Waals surface area contributed by atoms with E-state index in [0.717, 1.165) is 76.3 Å². The van der Waals surface area contributed by atoms with Crippen molar-refractivity contribution in [2.24, 2.45) is 5.73 Å². The number of aromatic nitrogens is 4. The summed E-state index contributed by atoms with van der Waals surface area (Å²) in [4.78, 5) is 27.8. The van der Waals surface area contributed by atoms with E-state index in [-0.39, 0.29) is 11.1 Å². The van der Waals surface area contributed by atoms with Gasteiger partial charge in [0.25, 0.3) is 5.56 Å². The fraction of sp³-hybridized carbons (Fsp3) is 0.667. The van der Waals surface area contributed by atoms with Crippen LogP contribution in [0.4, 0.5) is 5.95 Å². The van der Waals surface area contributed by atoms with Gasteiger partial charge in [0.2, 0.25) is 5.95 Å². The van der Waals surface area contributed by atoms with Gasteiger partial charge in [0.05, 0.1) is 11.4 Å². The third kappa shape index (κ3) is 7.20. The Morgan fingerprint density at radius 2 is 1.48 bits per heavy atom. The molecule has 0 aromatic carbocycles. The molecule has 0 saturated carbocycles. The minimum Gasteiger partial charge on any atom is -0.356 e. The van der Waals surface area contributed by atoms with E-state index in [9.17, 15) is 4.79 Å². The molecule has 0 aliphatic carbocycles. The predicted molar refractivity (Wildman–Crippen MR) is 109 cm³/mol. The second-order valence-electron chi connectivity index (χ2n) is 6.61. The molecule has 9 nitrogen and oxygen atoms in total. The highest BCUT2D eigenvalue weighted by molar-refractivity contribution is 5.70. The molecule has 9 heteroatoms. The summed E-state index contributed by atoms with van der Waals surface area (Å²) < 4.78 is 0. The Balaban J connectivity index is 1.62. The molecule has 27 heavy (non-hydrogen) atoms. The molecular weight excluding hydrogens is 344 g/mol. The van der Waals surface area contributed by atoms with Crippen molar-refractivity contribution >= 4 is 17.1 Å². The van der Waals surface area contributed by atoms with Gasteiger partial charge >= 0.3 is 0 Å². The Labute approximate surface area is 160 Å². The van der Waals surface area contributed by atoms with Crippen molar-refractivity contribution in [1.29, 1.82) is 0 Å². The number of anilines is 1. The standard InChI is InChI=1S/C18H32N8O/c1-13-14(2)24-16-15(23-13)17(27)26-18(25-16)22-12-6-11-21-9-4-3-8-20-10-5-7-19/h20-21H,3-12,19H2,1-2H3,(H2,22,24,25,26,27). The number of fused-ring (bicyclic) bond motifs is 1. The summed E-state index contributed by atoms with van der Waals surface area (Å²) in [7, 11) is 0. The molecular formula is C18H32N8O. The Bertz CT molecular complexity index is 761. The number of hydrogen-bond donors (Lipinski definition) is 5. The average Bonchev–Trinajstić information content (AvgIpc) is 2.64. The smallest absolute Gasteiger partial charge is 0.280 e. The summed E-state index contributed by atoms with van der Waals surface area (Å²) >= 11 is 0. The highest BCUT2D eigenvalue weighted by atomic mass is 16.1. The molecule has 0 radical (unpaired) electrons. The Morgan fingerprint density at radius 1 is 0.852 bits per heavy atom. The van der Waals surface area contributed by atoms with E-state index in [1.165, 1.54) is 0 Å². The Kier molecular flexibility index (Phi) is 9.09. The van der Waals surface area contributed by atoms with Crippen LogP contribution in [-0.4, -0.2) is 59.2 Å². The van der Waals surface area contributed by atoms with Gasteiger partial charge in [-0.1, -0.05) is 0 Å². The van der Waals surface area contributed by atoms with Gasteiger partial charge in [-0.15, -0.1) is 0 Å². The normalized spacial score (nSPS) is 11.2. The highest BCUT2D eigenvalue weighted by Gasteiger charge is 2.08. The highest BCUT2D eigenvalue weighted by Crippen LogP contribution is 2.07. The zero-order chi connectivity index (χ0) is 19.5. The van der Waals surface area contributed by atoms with Crippen LogP contribution in [0.3, 0.4) is 0 Å². The number of unbranched alkanes of at least 4 members (excludes halogenated alkanes) is 1. The third-order valence-electron chi connectivity index (χ3n) is 4.29. The molecule has 0 bridgehead atoms. The molecule has 0 aliphatic heterocycles. The van der Waals surface area contributed by atoms with Gasteiger partial charge in [-0.2, -0.15) is 4.98 Å². The van der Waals surface area contributed by atoms with Gasteiger partial charge in [-0.05, 0) is 72.3 Å². The third-order valence-corrected chi connectivity index (χ3v) is 4.29. The maximum atomic E-state index is 12.1. The number of hydrogen-bond acceptors (Lipinski definition) is 8. The van der Waals surface area contributed by atoms with Gasteiger partial charge in [0.1, 0.15) is 0 Å². The fourth-order valence-electron chi connectivity index (χ4n) is 2.60. The maximum Gasteiger partial charge on any atom is 0.280 e. The lowest BCUT2D eigenvalue weighted by Gasteiger charge is -2.08. The number of nitrogens with zero attached hydrogens (tertiary/aromatic N) is 3. The van der Waals surface area contributed by atoms with Crippen molar-refractivity contribution in [2.45, 2.75) is 39.5 Å². The summed E-state index contributed by atoms with van der Waals surface area (Å²) in [6.07, 6.45) is 4.29. The van der Waals surface area contributed by atoms with Crippen molar-refractivity contribution in [3.63, 3.8) is 0 Å². The minimum absolute atomic E-state index is 0.267. The first-order valence-electron chi connectivity index (χ1n) is 9.72. The molecule has 2 rings (SSSR count). The topological polar surface area (TPSA) is 134 Å². The van der Waals surface area contributed by atoms with E-state index in [1.807, 2.05) is 13.8 Å². The number of aromatic amines is 1. The van der Waals surface area contributed by atoms with Crippen molar-refractivity contribution < 1.29 is 0 Å². The largest absolute Gasteiger partial charge is 0.356 e. The summed E-state index contributed by atoms with van der Waals surface area (Å²) in [6.45, 7) is 9.15. The second-order valence-corrected chi connectivity index (χ2v) is 6.61. The summed E-state index contributed by atoms with van der Waals surface area (Å²) in [6, 6.07) is 0. The summed E-state index contributed by atoms with van der Waals surface area (Å²) in [5.74, 6) is 0.439. The molecule has 0 unspecified atom stereocenters. The van der Waals surface area contributed by atoms with E-state index >= 15 is 0 Å². The van der Waals surface area contributed by atoms with Crippen molar-refractivity contribution in [2.75, 3.05) is 44.6 Å². The molecule has 0 aliphatic rings. The molecule has 0 spiro atoms. The number of aryl methyl sites for hydroxylation is 2. The van der Waals surface area contributed by atoms with Crippen LogP contribution in [0, 0.1) is 13.8 Å². The number of nitrogens with one attached hydrogen (secondary N) is 4. The first kappa shape index (κ1) is 21.2. The molecule has 6 N–H and O–H groups in total. The number of nitrogens with two attached hydrogens (primary N) is 1. The van der Waals surface area contributed by atoms with Crippen LogP contribution in [0.2, 0.25) is 0 Å². The first-order chi connectivity index (χ1) is 13.1. The molecule has 0 atom stereocenters. The van der Waals surface area contributed by atoms with Crippen LogP contribution < -0.4 is 27.2 Å². The van der Waals surface area contributed by atoms with Crippen LogP contribution in [0.5, 0.6) is 0 Å². The Hall–Kier alpha value is -2.10. The van der Waals surface area contributed by atoms with Crippen LogP contribution >= 0.6 is 0 Å². The van der Waals surface area contributed by atoms with Gasteiger partial charge in [0.15, 0.2) is 11.2 Å². The molecule has 0 saturated heterocycles. The zero-order valence-corrected chi connectivity index (χ0v) is 16.4. The molecule has 0 fully saturated rings. The minimum atomic E-state index is -0.267. The average molecular weight is 377 g/mol. The fourth-order valence-corrected chi connectivity index (χ4v) is 2.60. The number of H-pyrrole nitrogens is 1. The molecule has 2 aromatic rings. The summed E-state index contributed by atoms with van der Waals surface area (Å²) in [5.41, 5.74) is 7.36. The lowest BCUT2D eigenvalue weighted by Crippen LogP contribution is -2.23. The zero-order valence-electron chi connectivity index (χ0n) is 16.4. The van der Waals surface area contributed by atoms with Crippen LogP contribution in [0.15, 0.2) is 4.79 Å². The van der Waals surface area contributed by atoms with Crippen molar-refractivity contribution in [3.8, 4) is 0 Å².